The summed E-state index contributed by atoms with van der Waals surface area (Å²) >= 11 is 0. The summed E-state index contributed by atoms with van der Waals surface area (Å²) in [5.41, 5.74) is -0.960. The molecule has 6 nitrogen and oxygen atoms in total. The van der Waals surface area contributed by atoms with Gasteiger partial charge in [0.15, 0.2) is 5.96 Å². The van der Waals surface area contributed by atoms with E-state index >= 15 is 0 Å². The Morgan fingerprint density at radius 1 is 1.33 bits per heavy atom. The number of hydrogen-bond donors (Lipinski definition) is 2. The van der Waals surface area contributed by atoms with E-state index in [0.29, 0.717) is 13.1 Å². The predicted molar refractivity (Wildman–Crippen MR) is 99.8 cm³/mol. The van der Waals surface area contributed by atoms with Crippen LogP contribution in [0.5, 0.6) is 0 Å². The lowest BCUT2D eigenvalue weighted by atomic mass is 10.3. The Kier molecular flexibility index (Phi) is 10.6. The van der Waals surface area contributed by atoms with Gasteiger partial charge >= 0.3 is 6.18 Å². The third-order valence-electron chi connectivity index (χ3n) is 3.06. The Morgan fingerprint density at radius 3 is 2.62 bits per heavy atom. The van der Waals surface area contributed by atoms with E-state index in [-0.39, 0.29) is 29.9 Å². The molecule has 10 heteroatoms. The normalized spacial score (nSPS) is 11.7. The lowest BCUT2D eigenvalue weighted by molar-refractivity contribution is -0.141. The van der Waals surface area contributed by atoms with Crippen LogP contribution < -0.4 is 10.6 Å². The Bertz CT molecular complexity index is 510. The summed E-state index contributed by atoms with van der Waals surface area (Å²) in [4.78, 5) is 13.4. The molecule has 1 aromatic heterocycles. The monoisotopic (exact) mass is 460 g/mol. The molecule has 0 fully saturated rings. The van der Waals surface area contributed by atoms with E-state index in [1.165, 1.54) is 0 Å². The summed E-state index contributed by atoms with van der Waals surface area (Å²) in [7, 11) is 3.63. The van der Waals surface area contributed by atoms with Crippen molar-refractivity contribution in [3.05, 3.63) is 18.0 Å². The predicted octanol–water partition coefficient (Wildman–Crippen LogP) is 2.83. The third kappa shape index (κ3) is 7.97. The summed E-state index contributed by atoms with van der Waals surface area (Å²) in [5, 5.41) is 5.89. The topological polar surface area (TPSA) is 65.4 Å². The van der Waals surface area contributed by atoms with Gasteiger partial charge in [0.2, 0.25) is 5.95 Å². The molecule has 138 valence electrons. The van der Waals surface area contributed by atoms with Gasteiger partial charge in [-0.2, -0.15) is 13.2 Å². The van der Waals surface area contributed by atoms with Gasteiger partial charge in [-0.25, -0.2) is 9.97 Å². The van der Waals surface area contributed by atoms with Crippen molar-refractivity contribution in [2.75, 3.05) is 39.0 Å². The molecule has 1 aromatic rings. The van der Waals surface area contributed by atoms with E-state index in [0.717, 1.165) is 37.6 Å². The lowest BCUT2D eigenvalue weighted by Gasteiger charge is -2.21. The van der Waals surface area contributed by atoms with Gasteiger partial charge < -0.3 is 15.5 Å². The maximum atomic E-state index is 12.5. The zero-order valence-corrected chi connectivity index (χ0v) is 16.4. The van der Waals surface area contributed by atoms with E-state index in [1.54, 1.807) is 7.05 Å². The van der Waals surface area contributed by atoms with E-state index < -0.39 is 11.9 Å². The van der Waals surface area contributed by atoms with Gasteiger partial charge in [-0.15, -0.1) is 24.0 Å². The van der Waals surface area contributed by atoms with Crippen LogP contribution in [0.1, 0.15) is 25.5 Å². The first-order valence-corrected chi connectivity index (χ1v) is 7.44. The summed E-state index contributed by atoms with van der Waals surface area (Å²) < 4.78 is 37.6. The second-order valence-corrected chi connectivity index (χ2v) is 4.94. The molecule has 0 radical (unpaired) electrons. The number of alkyl halides is 3. The number of aromatic nitrogens is 2. The minimum atomic E-state index is -4.47. The quantitative estimate of drug-likeness (QED) is 0.284. The molecule has 0 unspecified atom stereocenters. The van der Waals surface area contributed by atoms with Crippen molar-refractivity contribution in [2.45, 2.75) is 25.9 Å². The van der Waals surface area contributed by atoms with E-state index in [1.807, 2.05) is 11.9 Å². The molecule has 1 rings (SSSR count). The van der Waals surface area contributed by atoms with Crippen molar-refractivity contribution in [3.8, 4) is 0 Å². The Hall–Kier alpha value is -1.33. The van der Waals surface area contributed by atoms with E-state index in [4.69, 9.17) is 0 Å². The number of nitrogens with one attached hydrogen (secondary N) is 2. The van der Waals surface area contributed by atoms with Gasteiger partial charge in [0.1, 0.15) is 5.69 Å². The number of anilines is 1. The highest BCUT2D eigenvalue weighted by molar-refractivity contribution is 14.0. The van der Waals surface area contributed by atoms with Crippen LogP contribution >= 0.6 is 24.0 Å². The average Bonchev–Trinajstić information content (AvgIpc) is 2.52. The molecule has 0 aliphatic carbocycles. The Balaban J connectivity index is 0.00000529. The smallest absolute Gasteiger partial charge is 0.354 e. The maximum absolute atomic E-state index is 12.5. The molecule has 24 heavy (non-hydrogen) atoms. The minimum Gasteiger partial charge on any atom is -0.354 e. The van der Waals surface area contributed by atoms with Gasteiger partial charge in [-0.1, -0.05) is 13.3 Å². The molecule has 0 bridgehead atoms. The molecule has 0 aromatic carbocycles. The van der Waals surface area contributed by atoms with Crippen LogP contribution in [0, 0.1) is 0 Å². The van der Waals surface area contributed by atoms with Crippen LogP contribution in [-0.2, 0) is 6.18 Å². The van der Waals surface area contributed by atoms with E-state index in [9.17, 15) is 13.2 Å². The molecular weight excluding hydrogens is 436 g/mol. The van der Waals surface area contributed by atoms with Crippen molar-refractivity contribution in [3.63, 3.8) is 0 Å². The van der Waals surface area contributed by atoms with Crippen LogP contribution in [0.25, 0.3) is 0 Å². The first-order valence-electron chi connectivity index (χ1n) is 7.44. The van der Waals surface area contributed by atoms with Gasteiger partial charge in [0, 0.05) is 39.9 Å². The first kappa shape index (κ1) is 22.7. The van der Waals surface area contributed by atoms with Gasteiger partial charge in [-0.3, -0.25) is 4.99 Å². The number of aliphatic imine (C=N–C) groups is 1. The average molecular weight is 460 g/mol. The number of hydrogen-bond acceptors (Lipinski definition) is 4. The van der Waals surface area contributed by atoms with Gasteiger partial charge in [-0.05, 0) is 12.5 Å². The SMILES string of the molecule is CCCCN(C)C(=NC)NCCNc1nccc(C(F)(F)F)n1.I. The number of nitrogens with zero attached hydrogens (tertiary/aromatic N) is 4. The zero-order valence-electron chi connectivity index (χ0n) is 14.0. The summed E-state index contributed by atoms with van der Waals surface area (Å²) in [6.45, 7) is 3.87. The van der Waals surface area contributed by atoms with Crippen LogP contribution in [0.3, 0.4) is 0 Å². The fourth-order valence-corrected chi connectivity index (χ4v) is 1.84. The fraction of sp³-hybridized carbons (Fsp3) is 0.643. The molecule has 0 atom stereocenters. The Morgan fingerprint density at radius 2 is 2.04 bits per heavy atom. The van der Waals surface area contributed by atoms with Crippen molar-refractivity contribution in [1.82, 2.24) is 20.2 Å². The summed E-state index contributed by atoms with van der Waals surface area (Å²) in [6.07, 6.45) is -1.23. The number of rotatable bonds is 7. The van der Waals surface area contributed by atoms with Crippen molar-refractivity contribution in [2.24, 2.45) is 4.99 Å². The highest BCUT2D eigenvalue weighted by Gasteiger charge is 2.32. The molecule has 0 aliphatic rings. The molecule has 0 spiro atoms. The van der Waals surface area contributed by atoms with Crippen LogP contribution in [0.2, 0.25) is 0 Å². The van der Waals surface area contributed by atoms with Crippen molar-refractivity contribution in [1.29, 1.82) is 0 Å². The molecule has 0 saturated carbocycles. The number of halogens is 4. The molecule has 1 heterocycles. The van der Waals surface area contributed by atoms with Crippen LogP contribution in [0.15, 0.2) is 17.3 Å². The second-order valence-electron chi connectivity index (χ2n) is 4.94. The fourth-order valence-electron chi connectivity index (χ4n) is 1.84. The lowest BCUT2D eigenvalue weighted by Crippen LogP contribution is -2.41. The highest BCUT2D eigenvalue weighted by Crippen LogP contribution is 2.27. The zero-order chi connectivity index (χ0) is 17.3. The largest absolute Gasteiger partial charge is 0.433 e. The first-order chi connectivity index (χ1) is 10.9. The molecule has 0 aliphatic heterocycles. The second kappa shape index (κ2) is 11.3. The van der Waals surface area contributed by atoms with Gasteiger partial charge in [0.05, 0.1) is 0 Å². The van der Waals surface area contributed by atoms with Crippen LogP contribution in [0.4, 0.5) is 19.1 Å². The molecule has 0 amide bonds. The third-order valence-corrected chi connectivity index (χ3v) is 3.06. The minimum absolute atomic E-state index is 0. The standard InChI is InChI=1S/C14H23F3N6.HI/c1-4-5-10-23(3)13(18-2)21-9-8-20-12-19-7-6-11(22-12)14(15,16)17;/h6-7H,4-5,8-10H2,1-3H3,(H,18,21)(H,19,20,22);1H. The number of guanidine groups is 1. The highest BCUT2D eigenvalue weighted by atomic mass is 127. The maximum Gasteiger partial charge on any atom is 0.433 e. The molecule has 2 N–H and O–H groups in total. The van der Waals surface area contributed by atoms with Crippen molar-refractivity contribution < 1.29 is 13.2 Å². The number of unbranched alkanes of at least 4 members (excludes halogenated alkanes) is 1. The van der Waals surface area contributed by atoms with Crippen molar-refractivity contribution >= 4 is 35.9 Å². The van der Waals surface area contributed by atoms with Crippen LogP contribution in [-0.4, -0.2) is 54.6 Å². The van der Waals surface area contributed by atoms with E-state index in [2.05, 4.69) is 32.5 Å². The van der Waals surface area contributed by atoms with Gasteiger partial charge in [0.25, 0.3) is 0 Å². The molecule has 0 saturated heterocycles. The Labute approximate surface area is 157 Å². The molecular formula is C14H24F3IN6. The summed E-state index contributed by atoms with van der Waals surface area (Å²) in [5.74, 6) is 0.696. The summed E-state index contributed by atoms with van der Waals surface area (Å²) in [6, 6.07) is 0.841.